The third kappa shape index (κ3) is 12.0. The number of halogens is 1. The number of aryl methyl sites for hydroxylation is 1. The van der Waals surface area contributed by atoms with E-state index in [-0.39, 0.29) is 50.9 Å². The predicted molar refractivity (Wildman–Crippen MR) is 219 cm³/mol. The summed E-state index contributed by atoms with van der Waals surface area (Å²) in [7, 11) is 0. The van der Waals surface area contributed by atoms with Crippen LogP contribution in [0.1, 0.15) is 41.5 Å². The molecule has 2 amide bonds. The summed E-state index contributed by atoms with van der Waals surface area (Å²) >= 11 is 6.14. The molecule has 0 saturated carbocycles. The van der Waals surface area contributed by atoms with Gasteiger partial charge in [-0.05, 0) is 83.3 Å². The Morgan fingerprint density at radius 1 is 0.632 bits per heavy atom. The van der Waals surface area contributed by atoms with E-state index in [1.807, 2.05) is 84.9 Å². The third-order valence-corrected chi connectivity index (χ3v) is 10.5. The van der Waals surface area contributed by atoms with E-state index in [1.165, 1.54) is 0 Å². The predicted octanol–water partition coefficient (Wildman–Crippen LogP) is 7.27. The lowest BCUT2D eigenvalue weighted by Crippen LogP contribution is -2.54. The first-order valence-electron chi connectivity index (χ1n) is 19.1. The molecule has 2 bridgehead atoms. The van der Waals surface area contributed by atoms with Crippen LogP contribution in [0, 0.1) is 11.8 Å². The minimum atomic E-state index is -1.14. The fourth-order valence-corrected chi connectivity index (χ4v) is 7.16. The average molecular weight is 785 g/mol. The largest absolute Gasteiger partial charge is 0.486 e. The van der Waals surface area contributed by atoms with Gasteiger partial charge in [-0.3, -0.25) is 24.0 Å². The second kappa shape index (κ2) is 19.7. The van der Waals surface area contributed by atoms with E-state index < -0.39 is 47.5 Å². The van der Waals surface area contributed by atoms with Gasteiger partial charge in [-0.25, -0.2) is 0 Å². The van der Waals surface area contributed by atoms with Gasteiger partial charge >= 0.3 is 5.97 Å². The van der Waals surface area contributed by atoms with E-state index in [0.29, 0.717) is 22.8 Å². The molecule has 10 heteroatoms. The van der Waals surface area contributed by atoms with Crippen molar-refractivity contribution < 1.29 is 33.8 Å². The minimum absolute atomic E-state index is 0.0731. The molecule has 0 spiro atoms. The maximum absolute atomic E-state index is 14.4. The molecule has 0 aliphatic carbocycles. The number of hydrogen-bond donors (Lipinski definition) is 3. The van der Waals surface area contributed by atoms with Gasteiger partial charge in [-0.15, -0.1) is 0 Å². The van der Waals surface area contributed by atoms with Crippen LogP contribution in [0.25, 0.3) is 11.1 Å². The molecule has 4 atom stereocenters. The molecule has 2 aliphatic heterocycles. The van der Waals surface area contributed by atoms with Gasteiger partial charge < -0.3 is 20.5 Å². The van der Waals surface area contributed by atoms with E-state index in [0.717, 1.165) is 27.8 Å². The zero-order valence-electron chi connectivity index (χ0n) is 31.4. The van der Waals surface area contributed by atoms with Crippen LogP contribution in [0.15, 0.2) is 133 Å². The molecule has 0 aromatic heterocycles. The third-order valence-electron chi connectivity index (χ3n) is 10.2. The number of carbonyl (C=O) groups excluding carboxylic acids is 4. The molecule has 5 aromatic rings. The monoisotopic (exact) mass is 784 g/mol. The van der Waals surface area contributed by atoms with Gasteiger partial charge in [0, 0.05) is 30.2 Å². The summed E-state index contributed by atoms with van der Waals surface area (Å²) in [6.07, 6.45) is 0.534. The van der Waals surface area contributed by atoms with Crippen molar-refractivity contribution >= 4 is 41.0 Å². The topological polar surface area (TPSA) is 139 Å². The van der Waals surface area contributed by atoms with Gasteiger partial charge in [0.1, 0.15) is 18.4 Å². The molecule has 292 valence electrons. The van der Waals surface area contributed by atoms with Crippen LogP contribution in [0.2, 0.25) is 5.02 Å². The highest BCUT2D eigenvalue weighted by Gasteiger charge is 2.32. The number of benzene rings is 5. The van der Waals surface area contributed by atoms with Crippen molar-refractivity contribution in [2.75, 3.05) is 6.61 Å². The number of ether oxygens (including phenoxy) is 1. The van der Waals surface area contributed by atoms with Crippen molar-refractivity contribution in [3.8, 4) is 16.9 Å². The Balaban J connectivity index is 1.34. The Labute approximate surface area is 337 Å². The lowest BCUT2D eigenvalue weighted by molar-refractivity contribution is -0.144. The Kier molecular flexibility index (Phi) is 14.0. The number of carboxylic acid groups (broad SMARTS) is 1. The Hall–Kier alpha value is -6.06. The maximum Gasteiger partial charge on any atom is 0.307 e. The van der Waals surface area contributed by atoms with E-state index in [4.69, 9.17) is 16.3 Å². The number of fused-ring (bicyclic) bond motifs is 16. The summed E-state index contributed by atoms with van der Waals surface area (Å²) in [5.41, 5.74) is 5.16. The van der Waals surface area contributed by atoms with Crippen molar-refractivity contribution in [1.29, 1.82) is 0 Å². The van der Waals surface area contributed by atoms with Crippen LogP contribution in [-0.4, -0.2) is 53.1 Å². The smallest absolute Gasteiger partial charge is 0.307 e. The van der Waals surface area contributed by atoms with Gasteiger partial charge in [0.15, 0.2) is 11.6 Å². The lowest BCUT2D eigenvalue weighted by Gasteiger charge is -2.26. The molecule has 0 saturated heterocycles. The summed E-state index contributed by atoms with van der Waals surface area (Å²) in [5, 5.41) is 16.6. The number of aliphatic carboxylic acids is 1. The zero-order chi connectivity index (χ0) is 40.1. The molecule has 0 fully saturated rings. The van der Waals surface area contributed by atoms with E-state index >= 15 is 0 Å². The molecular formula is C47H45ClN2O7. The summed E-state index contributed by atoms with van der Waals surface area (Å²) in [6.45, 7) is -0.295. The quantitative estimate of drug-likeness (QED) is 0.143. The van der Waals surface area contributed by atoms with Crippen molar-refractivity contribution in [2.45, 2.75) is 57.0 Å². The molecular weight excluding hydrogens is 740 g/mol. The van der Waals surface area contributed by atoms with Crippen LogP contribution in [0.4, 0.5) is 0 Å². The minimum Gasteiger partial charge on any atom is -0.486 e. The van der Waals surface area contributed by atoms with Gasteiger partial charge in [0.2, 0.25) is 11.8 Å². The van der Waals surface area contributed by atoms with E-state index in [1.54, 1.807) is 48.5 Å². The fraction of sp³-hybridized carbons (Fsp3) is 0.255. The number of ketones is 2. The van der Waals surface area contributed by atoms with Crippen LogP contribution < -0.4 is 15.4 Å². The summed E-state index contributed by atoms with van der Waals surface area (Å²) in [5.74, 6) is -4.51. The first-order chi connectivity index (χ1) is 27.6. The summed E-state index contributed by atoms with van der Waals surface area (Å²) < 4.78 is 5.78. The molecule has 0 unspecified atom stereocenters. The second-order valence-electron chi connectivity index (χ2n) is 14.5. The molecule has 7 rings (SSSR count). The molecule has 2 aliphatic rings. The number of hydrogen-bond acceptors (Lipinski definition) is 6. The molecule has 3 N–H and O–H groups in total. The van der Waals surface area contributed by atoms with Gasteiger partial charge in [0.25, 0.3) is 0 Å². The maximum atomic E-state index is 14.4. The Bertz CT molecular complexity index is 2140. The molecule has 9 nitrogen and oxygen atoms in total. The normalized spacial score (nSPS) is 19.7. The molecule has 2 heterocycles. The van der Waals surface area contributed by atoms with Crippen molar-refractivity contribution in [3.05, 3.63) is 161 Å². The van der Waals surface area contributed by atoms with Crippen LogP contribution >= 0.6 is 11.6 Å². The number of carboxylic acids is 1. The van der Waals surface area contributed by atoms with Crippen LogP contribution in [0.3, 0.4) is 0 Å². The zero-order valence-corrected chi connectivity index (χ0v) is 32.2. The first-order valence-corrected chi connectivity index (χ1v) is 19.5. The fourth-order valence-electron chi connectivity index (χ4n) is 7.04. The van der Waals surface area contributed by atoms with Gasteiger partial charge in [-0.2, -0.15) is 0 Å². The van der Waals surface area contributed by atoms with Crippen LogP contribution in [-0.2, 0) is 49.7 Å². The van der Waals surface area contributed by atoms with E-state index in [9.17, 15) is 29.1 Å². The Morgan fingerprint density at radius 2 is 1.23 bits per heavy atom. The van der Waals surface area contributed by atoms with Gasteiger partial charge in [0.05, 0.1) is 12.0 Å². The summed E-state index contributed by atoms with van der Waals surface area (Å²) in [4.78, 5) is 68.7. The highest BCUT2D eigenvalue weighted by molar-refractivity contribution is 6.30. The lowest BCUT2D eigenvalue weighted by atomic mass is 9.90. The second-order valence-corrected chi connectivity index (χ2v) is 15.0. The van der Waals surface area contributed by atoms with Crippen LogP contribution in [0.5, 0.6) is 5.75 Å². The number of nitrogens with one attached hydrogen (secondary N) is 2. The highest BCUT2D eigenvalue weighted by Crippen LogP contribution is 2.23. The molecule has 5 aromatic carbocycles. The van der Waals surface area contributed by atoms with E-state index in [2.05, 4.69) is 10.6 Å². The standard InChI is InChI=1S/C47H45ClN2O7/c48-39-20-13-32(14-21-39)25-37-28-40(51)30-57-41-22-15-33(16-23-41)26-38(47(55)56)29-44(52)42(24-17-31-7-3-1-4-8-31)49-46(54)43(50-45(37)53)27-34-11-18-36(19-12-34)35-9-5-2-6-10-35/h1-16,18-23,37-38,42-43H,17,24-30H2,(H,49,54)(H,50,53)(H,55,56)/t37-,38-,42+,43-/m1/s1. The average Bonchev–Trinajstić information content (AvgIpc) is 3.22. The first kappa shape index (κ1) is 40.6. The molecule has 57 heavy (non-hydrogen) atoms. The number of Topliss-reactive ketones (excluding diaryl/α,β-unsaturated/α-hetero) is 2. The number of amides is 2. The van der Waals surface area contributed by atoms with Crippen molar-refractivity contribution in [3.63, 3.8) is 0 Å². The SMILES string of the molecule is O=C1COc2ccc(cc2)C[C@@H](C(=O)O)CC(=O)[C@H](CCc2ccccc2)NC(=O)[C@@H](Cc2ccc(-c3ccccc3)cc2)NC(=O)[C@H](Cc2ccc(Cl)cc2)C1. The highest BCUT2D eigenvalue weighted by atomic mass is 35.5. The van der Waals surface area contributed by atoms with Crippen molar-refractivity contribution in [2.24, 2.45) is 11.8 Å². The number of rotatable bonds is 9. The van der Waals surface area contributed by atoms with Crippen molar-refractivity contribution in [1.82, 2.24) is 10.6 Å². The Morgan fingerprint density at radius 3 is 1.89 bits per heavy atom. The summed E-state index contributed by atoms with van der Waals surface area (Å²) in [6, 6.07) is 38.6. The van der Waals surface area contributed by atoms with Gasteiger partial charge in [-0.1, -0.05) is 121 Å². The number of carbonyl (C=O) groups is 5. The molecule has 0 radical (unpaired) electrons.